The van der Waals surface area contributed by atoms with E-state index in [1.807, 2.05) is 51.1 Å². The van der Waals surface area contributed by atoms with Gasteiger partial charge in [0.25, 0.3) is 5.91 Å². The SMILES string of the molecule is C[S@+]([O-])N(C(=O)C(NC(=O)C(CCCc1ccc(-c2ccccc2)cc1)CC(=O)O)C(C)(C)C)c1ccccc1. The van der Waals surface area contributed by atoms with Crippen LogP contribution in [0.5, 0.6) is 0 Å². The van der Waals surface area contributed by atoms with E-state index in [-0.39, 0.29) is 6.42 Å². The summed E-state index contributed by atoms with van der Waals surface area (Å²) in [5.41, 5.74) is 3.09. The van der Waals surface area contributed by atoms with E-state index >= 15 is 0 Å². The summed E-state index contributed by atoms with van der Waals surface area (Å²) in [6.45, 7) is 5.43. The van der Waals surface area contributed by atoms with Crippen molar-refractivity contribution >= 4 is 34.8 Å². The highest BCUT2D eigenvalue weighted by atomic mass is 32.2. The van der Waals surface area contributed by atoms with E-state index in [0.717, 1.165) is 16.7 Å². The summed E-state index contributed by atoms with van der Waals surface area (Å²) in [6.07, 6.45) is 2.72. The average Bonchev–Trinajstić information content (AvgIpc) is 2.91. The van der Waals surface area contributed by atoms with Crippen molar-refractivity contribution in [3.8, 4) is 11.1 Å². The van der Waals surface area contributed by atoms with Crippen LogP contribution in [-0.2, 0) is 32.2 Å². The number of rotatable bonds is 12. The van der Waals surface area contributed by atoms with E-state index in [9.17, 15) is 24.0 Å². The molecule has 0 aliphatic rings. The van der Waals surface area contributed by atoms with Gasteiger partial charge in [-0.3, -0.25) is 14.4 Å². The number of hydrogen-bond acceptors (Lipinski definition) is 4. The summed E-state index contributed by atoms with van der Waals surface area (Å²) < 4.78 is 13.8. The fourth-order valence-electron chi connectivity index (χ4n) is 4.58. The minimum atomic E-state index is -1.68. The van der Waals surface area contributed by atoms with Gasteiger partial charge in [-0.2, -0.15) is 0 Å². The molecule has 3 rings (SSSR count). The largest absolute Gasteiger partial charge is 0.593 e. The van der Waals surface area contributed by atoms with E-state index in [1.54, 1.807) is 30.3 Å². The summed E-state index contributed by atoms with van der Waals surface area (Å²) in [4.78, 5) is 38.7. The van der Waals surface area contributed by atoms with Crippen LogP contribution in [-0.4, -0.2) is 39.7 Å². The molecule has 212 valence electrons. The molecule has 0 saturated carbocycles. The maximum Gasteiger partial charge on any atom is 0.304 e. The smallest absolute Gasteiger partial charge is 0.304 e. The van der Waals surface area contributed by atoms with Crippen LogP contribution in [0.4, 0.5) is 5.69 Å². The Balaban J connectivity index is 1.70. The third kappa shape index (κ3) is 8.69. The summed E-state index contributed by atoms with van der Waals surface area (Å²) in [6, 6.07) is 25.9. The first-order chi connectivity index (χ1) is 19.0. The fraction of sp³-hybridized carbons (Fsp3) is 0.344. The Morgan fingerprint density at radius 2 is 1.45 bits per heavy atom. The van der Waals surface area contributed by atoms with E-state index < -0.39 is 46.5 Å². The van der Waals surface area contributed by atoms with E-state index in [4.69, 9.17) is 0 Å². The minimum Gasteiger partial charge on any atom is -0.593 e. The van der Waals surface area contributed by atoms with E-state index in [0.29, 0.717) is 24.9 Å². The van der Waals surface area contributed by atoms with Crippen LogP contribution in [0.15, 0.2) is 84.9 Å². The number of para-hydroxylation sites is 1. The van der Waals surface area contributed by atoms with Gasteiger partial charge in [0.05, 0.1) is 23.5 Å². The second-order valence-corrected chi connectivity index (χ2v) is 12.2. The number of hydrogen-bond donors (Lipinski definition) is 2. The molecule has 0 bridgehead atoms. The number of aliphatic carboxylic acids is 1. The number of carbonyl (C=O) groups is 3. The fourth-order valence-corrected chi connectivity index (χ4v) is 5.35. The van der Waals surface area contributed by atoms with E-state index in [1.165, 1.54) is 10.6 Å². The highest BCUT2D eigenvalue weighted by Crippen LogP contribution is 2.27. The van der Waals surface area contributed by atoms with Gasteiger partial charge in [-0.05, 0) is 53.5 Å². The first-order valence-electron chi connectivity index (χ1n) is 13.4. The normalized spacial score (nSPS) is 13.6. The number of nitrogens with one attached hydrogen (secondary N) is 1. The lowest BCUT2D eigenvalue weighted by Gasteiger charge is -2.34. The van der Waals surface area contributed by atoms with Crippen molar-refractivity contribution in [3.63, 3.8) is 0 Å². The zero-order valence-electron chi connectivity index (χ0n) is 23.5. The van der Waals surface area contributed by atoms with Crippen molar-refractivity contribution in [3.05, 3.63) is 90.5 Å². The van der Waals surface area contributed by atoms with Crippen LogP contribution in [0.1, 0.15) is 45.6 Å². The molecule has 0 aliphatic carbocycles. The highest BCUT2D eigenvalue weighted by Gasteiger charge is 2.41. The van der Waals surface area contributed by atoms with Gasteiger partial charge in [-0.15, -0.1) is 4.31 Å². The van der Waals surface area contributed by atoms with Gasteiger partial charge in [0.1, 0.15) is 12.3 Å². The van der Waals surface area contributed by atoms with Gasteiger partial charge in [-0.1, -0.05) is 93.6 Å². The Hall–Kier alpha value is -3.62. The molecular weight excluding hydrogens is 524 g/mol. The number of benzene rings is 3. The average molecular weight is 563 g/mol. The molecule has 3 atom stereocenters. The summed E-state index contributed by atoms with van der Waals surface area (Å²) >= 11 is -1.68. The lowest BCUT2D eigenvalue weighted by atomic mass is 9.85. The second kappa shape index (κ2) is 14.1. The Kier molecular flexibility index (Phi) is 10.9. The molecule has 2 amide bonds. The quantitative estimate of drug-likeness (QED) is 0.278. The topological polar surface area (TPSA) is 110 Å². The molecule has 0 radical (unpaired) electrons. The molecule has 0 aromatic heterocycles. The van der Waals surface area contributed by atoms with Crippen LogP contribution < -0.4 is 9.62 Å². The van der Waals surface area contributed by atoms with Crippen molar-refractivity contribution in [1.82, 2.24) is 5.32 Å². The predicted molar refractivity (Wildman–Crippen MR) is 160 cm³/mol. The zero-order valence-corrected chi connectivity index (χ0v) is 24.3. The zero-order chi connectivity index (χ0) is 29.3. The number of nitrogens with zero attached hydrogens (tertiary/aromatic N) is 1. The molecule has 7 nitrogen and oxygen atoms in total. The number of amides is 2. The molecule has 3 aromatic carbocycles. The van der Waals surface area contributed by atoms with Crippen molar-refractivity contribution in [2.24, 2.45) is 11.3 Å². The number of carboxylic acid groups (broad SMARTS) is 1. The van der Waals surface area contributed by atoms with Gasteiger partial charge in [0.2, 0.25) is 5.91 Å². The molecular formula is C32H38N2O5S. The number of aryl methyl sites for hydroxylation is 1. The standard InChI is InChI=1S/C32H38N2O5S/c1-32(2,3)29(31(38)34(40(4)39)27-16-9-6-10-17-27)33-30(37)26(22-28(35)36)15-11-12-23-18-20-25(21-19-23)24-13-7-5-8-14-24/h5-10,13-14,16-21,26,29H,11-12,15,22H2,1-4H3,(H,33,37)(H,35,36)/t26?,29?,40-/m0/s1. The van der Waals surface area contributed by atoms with Crippen molar-refractivity contribution in [2.45, 2.75) is 52.5 Å². The third-order valence-electron chi connectivity index (χ3n) is 6.72. The van der Waals surface area contributed by atoms with Gasteiger partial charge in [0.15, 0.2) is 0 Å². The van der Waals surface area contributed by atoms with Crippen LogP contribution in [0.3, 0.4) is 0 Å². The maximum absolute atomic E-state index is 13.6. The predicted octanol–water partition coefficient (Wildman–Crippen LogP) is 5.62. The first kappa shape index (κ1) is 30.9. The lowest BCUT2D eigenvalue weighted by Crippen LogP contribution is -2.57. The Bertz CT molecular complexity index is 1260. The van der Waals surface area contributed by atoms with Gasteiger partial charge >= 0.3 is 5.97 Å². The molecule has 0 heterocycles. The van der Waals surface area contributed by atoms with Crippen molar-refractivity contribution < 1.29 is 24.0 Å². The summed E-state index contributed by atoms with van der Waals surface area (Å²) in [7, 11) is 0. The lowest BCUT2D eigenvalue weighted by molar-refractivity contribution is -0.142. The summed E-state index contributed by atoms with van der Waals surface area (Å²) in [5, 5.41) is 12.3. The van der Waals surface area contributed by atoms with Gasteiger partial charge in [-0.25, -0.2) is 0 Å². The van der Waals surface area contributed by atoms with Crippen LogP contribution in [0.2, 0.25) is 0 Å². The first-order valence-corrected chi connectivity index (χ1v) is 14.9. The van der Waals surface area contributed by atoms with Crippen molar-refractivity contribution in [1.29, 1.82) is 0 Å². The van der Waals surface area contributed by atoms with Crippen LogP contribution in [0, 0.1) is 11.3 Å². The van der Waals surface area contributed by atoms with Crippen molar-refractivity contribution in [2.75, 3.05) is 10.6 Å². The Morgan fingerprint density at radius 1 is 0.900 bits per heavy atom. The third-order valence-corrected chi connectivity index (χ3v) is 7.62. The van der Waals surface area contributed by atoms with Gasteiger partial charge in [0, 0.05) is 5.92 Å². The second-order valence-electron chi connectivity index (χ2n) is 10.9. The molecule has 2 N–H and O–H groups in total. The minimum absolute atomic E-state index is 0.341. The summed E-state index contributed by atoms with van der Waals surface area (Å²) in [5.74, 6) is -2.90. The molecule has 8 heteroatoms. The highest BCUT2D eigenvalue weighted by molar-refractivity contribution is 7.92. The van der Waals surface area contributed by atoms with Gasteiger partial charge < -0.3 is 15.0 Å². The van der Waals surface area contributed by atoms with E-state index in [2.05, 4.69) is 29.6 Å². The molecule has 0 fully saturated rings. The number of carboxylic acids is 1. The molecule has 0 aliphatic heterocycles. The monoisotopic (exact) mass is 562 g/mol. The molecule has 3 aromatic rings. The number of carbonyl (C=O) groups excluding carboxylic acids is 2. The molecule has 0 spiro atoms. The maximum atomic E-state index is 13.6. The molecule has 40 heavy (non-hydrogen) atoms. The molecule has 2 unspecified atom stereocenters. The van der Waals surface area contributed by atoms with Crippen LogP contribution >= 0.6 is 0 Å². The Labute approximate surface area is 239 Å². The molecule has 0 saturated heterocycles. The Morgan fingerprint density at radius 3 is 1.98 bits per heavy atom. The van der Waals surface area contributed by atoms with Crippen LogP contribution in [0.25, 0.3) is 11.1 Å². The number of anilines is 1.